The van der Waals surface area contributed by atoms with Gasteiger partial charge in [-0.05, 0) is 18.2 Å². The van der Waals surface area contributed by atoms with Crippen LogP contribution in [-0.4, -0.2) is 19.3 Å². The minimum atomic E-state index is -4.02. The lowest BCUT2D eigenvalue weighted by Crippen LogP contribution is -2.31. The smallest absolute Gasteiger partial charge is 0.264 e. The second-order valence-corrected chi connectivity index (χ2v) is 7.29. The number of nitrogens with one attached hydrogen (secondary N) is 1. The van der Waals surface area contributed by atoms with Crippen molar-refractivity contribution in [2.45, 2.75) is 11.3 Å². The molecule has 1 aromatic heterocycles. The van der Waals surface area contributed by atoms with E-state index >= 15 is 0 Å². The summed E-state index contributed by atoms with van der Waals surface area (Å²) >= 11 is 4.44. The first-order valence-electron chi connectivity index (χ1n) is 5.54. The molecule has 2 rings (SSSR count). The van der Waals surface area contributed by atoms with Crippen molar-refractivity contribution in [3.8, 4) is 6.07 Å². The van der Waals surface area contributed by atoms with Crippen molar-refractivity contribution in [3.63, 3.8) is 0 Å². The lowest BCUT2D eigenvalue weighted by molar-refractivity contribution is -0.118. The van der Waals surface area contributed by atoms with E-state index in [1.165, 1.54) is 29.5 Å². The Hall–Kier alpha value is -1.76. The third-order valence-corrected chi connectivity index (χ3v) is 4.83. The van der Waals surface area contributed by atoms with Crippen LogP contribution in [0.4, 0.5) is 0 Å². The highest BCUT2D eigenvalue weighted by molar-refractivity contribution is 9.10. The maximum atomic E-state index is 12.1. The molecule has 1 aromatic carbocycles. The number of amides is 1. The molecule has 0 saturated carbocycles. The number of nitriles is 1. The standard InChI is InChI=1S/C12H8BrN3O3S2/c13-9-1-8(5-14)2-11(3-9)21(18,19)16-12(17)4-10-6-20-7-15-10/h1-3,6-7H,4H2,(H,16,17). The van der Waals surface area contributed by atoms with Gasteiger partial charge in [-0.3, -0.25) is 4.79 Å². The van der Waals surface area contributed by atoms with Gasteiger partial charge in [0.1, 0.15) is 0 Å². The highest BCUT2D eigenvalue weighted by Crippen LogP contribution is 2.19. The van der Waals surface area contributed by atoms with E-state index in [1.54, 1.807) is 10.9 Å². The van der Waals surface area contributed by atoms with Gasteiger partial charge in [0.25, 0.3) is 10.0 Å². The summed E-state index contributed by atoms with van der Waals surface area (Å²) in [6, 6.07) is 5.85. The van der Waals surface area contributed by atoms with Crippen LogP contribution in [0.3, 0.4) is 0 Å². The minimum absolute atomic E-state index is 0.123. The van der Waals surface area contributed by atoms with E-state index < -0.39 is 15.9 Å². The molecule has 0 fully saturated rings. The molecule has 1 amide bonds. The zero-order valence-corrected chi connectivity index (χ0v) is 13.6. The molecule has 0 unspecified atom stereocenters. The normalized spacial score (nSPS) is 10.9. The van der Waals surface area contributed by atoms with Gasteiger partial charge in [0.15, 0.2) is 0 Å². The molecule has 0 spiro atoms. The number of thiazole rings is 1. The molecule has 108 valence electrons. The van der Waals surface area contributed by atoms with E-state index in [0.717, 1.165) is 0 Å². The highest BCUT2D eigenvalue weighted by atomic mass is 79.9. The molecule has 1 heterocycles. The number of carbonyl (C=O) groups is 1. The molecule has 0 aliphatic carbocycles. The number of carbonyl (C=O) groups excluding carboxylic acids is 1. The van der Waals surface area contributed by atoms with Crippen LogP contribution in [0, 0.1) is 11.3 Å². The van der Waals surface area contributed by atoms with Gasteiger partial charge >= 0.3 is 0 Å². The number of hydrogen-bond donors (Lipinski definition) is 1. The molecule has 0 aliphatic rings. The number of rotatable bonds is 4. The monoisotopic (exact) mass is 385 g/mol. The van der Waals surface area contributed by atoms with Crippen LogP contribution in [0.15, 0.2) is 38.5 Å². The van der Waals surface area contributed by atoms with Crippen molar-refractivity contribution in [1.29, 1.82) is 5.26 Å². The predicted molar refractivity (Wildman–Crippen MR) is 80.0 cm³/mol. The lowest BCUT2D eigenvalue weighted by atomic mass is 10.2. The summed E-state index contributed by atoms with van der Waals surface area (Å²) in [5, 5.41) is 10.5. The fraction of sp³-hybridized carbons (Fsp3) is 0.0833. The molecule has 6 nitrogen and oxygen atoms in total. The van der Waals surface area contributed by atoms with Crippen molar-refractivity contribution < 1.29 is 13.2 Å². The van der Waals surface area contributed by atoms with Gasteiger partial charge in [0, 0.05) is 9.85 Å². The SMILES string of the molecule is N#Cc1cc(Br)cc(S(=O)(=O)NC(=O)Cc2cscn2)c1. The first-order chi connectivity index (χ1) is 9.90. The largest absolute Gasteiger partial charge is 0.274 e. The number of sulfonamides is 1. The molecule has 1 N–H and O–H groups in total. The van der Waals surface area contributed by atoms with Crippen LogP contribution in [0.1, 0.15) is 11.3 Å². The van der Waals surface area contributed by atoms with Gasteiger partial charge in [-0.15, -0.1) is 11.3 Å². The number of nitrogens with zero attached hydrogens (tertiary/aromatic N) is 2. The van der Waals surface area contributed by atoms with Gasteiger partial charge < -0.3 is 0 Å². The fourth-order valence-corrected chi connectivity index (χ4v) is 3.77. The van der Waals surface area contributed by atoms with E-state index in [4.69, 9.17) is 5.26 Å². The number of hydrogen-bond acceptors (Lipinski definition) is 6. The fourth-order valence-electron chi connectivity index (χ4n) is 1.52. The average molecular weight is 386 g/mol. The maximum absolute atomic E-state index is 12.1. The topological polar surface area (TPSA) is 99.9 Å². The summed E-state index contributed by atoms with van der Waals surface area (Å²) in [5.74, 6) is -0.681. The Bertz CT molecular complexity index is 811. The Balaban J connectivity index is 2.20. The molecule has 0 atom stereocenters. The highest BCUT2D eigenvalue weighted by Gasteiger charge is 2.19. The van der Waals surface area contributed by atoms with E-state index in [-0.39, 0.29) is 16.9 Å². The Morgan fingerprint density at radius 3 is 2.81 bits per heavy atom. The van der Waals surface area contributed by atoms with E-state index in [0.29, 0.717) is 10.2 Å². The molecule has 0 aliphatic heterocycles. The molecular formula is C12H8BrN3O3S2. The van der Waals surface area contributed by atoms with E-state index in [2.05, 4.69) is 20.9 Å². The first kappa shape index (κ1) is 15.6. The lowest BCUT2D eigenvalue weighted by Gasteiger charge is -2.07. The molecular weight excluding hydrogens is 378 g/mol. The van der Waals surface area contributed by atoms with Gasteiger partial charge in [-0.1, -0.05) is 15.9 Å². The molecule has 2 aromatic rings. The van der Waals surface area contributed by atoms with Crippen molar-refractivity contribution >= 4 is 43.2 Å². The van der Waals surface area contributed by atoms with Crippen molar-refractivity contribution in [1.82, 2.24) is 9.71 Å². The van der Waals surface area contributed by atoms with Crippen molar-refractivity contribution in [2.24, 2.45) is 0 Å². The summed E-state index contributed by atoms with van der Waals surface area (Å²) in [6.45, 7) is 0. The second kappa shape index (κ2) is 6.34. The van der Waals surface area contributed by atoms with Crippen LogP contribution in [0.25, 0.3) is 0 Å². The van der Waals surface area contributed by atoms with E-state index in [1.807, 2.05) is 10.8 Å². The quantitative estimate of drug-likeness (QED) is 0.864. The van der Waals surface area contributed by atoms with Crippen LogP contribution >= 0.6 is 27.3 Å². The Labute approximate surface area is 133 Å². The number of aromatic nitrogens is 1. The molecule has 9 heteroatoms. The summed E-state index contributed by atoms with van der Waals surface area (Å²) in [4.78, 5) is 15.5. The van der Waals surface area contributed by atoms with E-state index in [9.17, 15) is 13.2 Å². The maximum Gasteiger partial charge on any atom is 0.264 e. The van der Waals surface area contributed by atoms with Crippen molar-refractivity contribution in [3.05, 3.63) is 44.8 Å². The Morgan fingerprint density at radius 2 is 2.19 bits per heavy atom. The summed E-state index contributed by atoms with van der Waals surface area (Å²) in [7, 11) is -4.02. The third kappa shape index (κ3) is 4.10. The number of halogens is 1. The Morgan fingerprint density at radius 1 is 1.43 bits per heavy atom. The average Bonchev–Trinajstić information content (AvgIpc) is 2.89. The van der Waals surface area contributed by atoms with Crippen molar-refractivity contribution in [2.75, 3.05) is 0 Å². The zero-order valence-electron chi connectivity index (χ0n) is 10.4. The third-order valence-electron chi connectivity index (χ3n) is 2.38. The van der Waals surface area contributed by atoms with Gasteiger partial charge in [0.2, 0.25) is 5.91 Å². The van der Waals surface area contributed by atoms with Gasteiger partial charge in [-0.25, -0.2) is 18.1 Å². The van der Waals surface area contributed by atoms with Crippen LogP contribution in [0.2, 0.25) is 0 Å². The van der Waals surface area contributed by atoms with Crippen LogP contribution in [-0.2, 0) is 21.2 Å². The predicted octanol–water partition coefficient (Wildman–Crippen LogP) is 1.82. The summed E-state index contributed by atoms with van der Waals surface area (Å²) in [6.07, 6.45) is -0.123. The second-order valence-electron chi connectivity index (χ2n) is 3.97. The van der Waals surface area contributed by atoms with Gasteiger partial charge in [-0.2, -0.15) is 5.26 Å². The van der Waals surface area contributed by atoms with Crippen LogP contribution < -0.4 is 4.72 Å². The number of benzene rings is 1. The van der Waals surface area contributed by atoms with Gasteiger partial charge in [0.05, 0.1) is 34.2 Å². The first-order valence-corrected chi connectivity index (χ1v) is 8.76. The summed E-state index contributed by atoms with van der Waals surface area (Å²) in [5.41, 5.74) is 2.24. The molecule has 21 heavy (non-hydrogen) atoms. The molecule has 0 bridgehead atoms. The summed E-state index contributed by atoms with van der Waals surface area (Å²) < 4.78 is 26.6. The Kier molecular flexibility index (Phi) is 4.72. The molecule has 0 saturated heterocycles. The molecule has 0 radical (unpaired) electrons. The minimum Gasteiger partial charge on any atom is -0.274 e. The zero-order chi connectivity index (χ0) is 15.5. The van der Waals surface area contributed by atoms with Crippen LogP contribution in [0.5, 0.6) is 0 Å².